The maximum Gasteiger partial charge on any atom is 0.253 e. The lowest BCUT2D eigenvalue weighted by Crippen LogP contribution is -2.44. The van der Waals surface area contributed by atoms with E-state index in [1.54, 1.807) is 0 Å². The molecule has 2 unspecified atom stereocenters. The van der Waals surface area contributed by atoms with Crippen LogP contribution in [0.1, 0.15) is 49.6 Å². The Morgan fingerprint density at radius 2 is 2.11 bits per heavy atom. The lowest BCUT2D eigenvalue weighted by molar-refractivity contribution is -0.122. The molecule has 1 amide bonds. The molecule has 27 heavy (non-hydrogen) atoms. The number of nitrogens with zero attached hydrogens (tertiary/aromatic N) is 3. The molecule has 0 aliphatic carbocycles. The average molecular weight is 394 g/mol. The molecule has 0 bridgehead atoms. The fraction of sp³-hybridized carbons (Fsp3) is 0.526. The van der Waals surface area contributed by atoms with Crippen LogP contribution in [0.3, 0.4) is 0 Å². The molecule has 0 saturated carbocycles. The van der Waals surface area contributed by atoms with Crippen LogP contribution < -0.4 is 10.6 Å². The second-order valence-electron chi connectivity index (χ2n) is 7.20. The van der Waals surface area contributed by atoms with Crippen LogP contribution in [-0.4, -0.2) is 47.6 Å². The first-order valence-electron chi connectivity index (χ1n) is 9.13. The van der Waals surface area contributed by atoms with Crippen molar-refractivity contribution in [2.45, 2.75) is 32.4 Å². The molecule has 148 valence electrons. The van der Waals surface area contributed by atoms with E-state index >= 15 is 0 Å². The highest BCUT2D eigenvalue weighted by Gasteiger charge is 2.28. The molecular weight excluding hydrogens is 366 g/mol. The van der Waals surface area contributed by atoms with E-state index in [1.165, 1.54) is 0 Å². The van der Waals surface area contributed by atoms with Crippen molar-refractivity contribution in [3.63, 3.8) is 0 Å². The highest BCUT2D eigenvalue weighted by Crippen LogP contribution is 2.24. The number of hydrogen-bond donors (Lipinski definition) is 2. The van der Waals surface area contributed by atoms with Crippen LogP contribution >= 0.6 is 12.4 Å². The summed E-state index contributed by atoms with van der Waals surface area (Å²) in [5.74, 6) is 1.33. The van der Waals surface area contributed by atoms with Crippen molar-refractivity contribution in [1.82, 2.24) is 25.7 Å². The zero-order valence-corrected chi connectivity index (χ0v) is 16.8. The van der Waals surface area contributed by atoms with E-state index in [0.717, 1.165) is 25.2 Å². The van der Waals surface area contributed by atoms with Gasteiger partial charge in [-0.25, -0.2) is 0 Å². The number of carbonyl (C=O) groups excluding carboxylic acids is 1. The number of hydrogen-bond acceptors (Lipinski definition) is 6. The summed E-state index contributed by atoms with van der Waals surface area (Å²) in [6.07, 6.45) is 0.458. The van der Waals surface area contributed by atoms with Gasteiger partial charge < -0.3 is 15.2 Å². The van der Waals surface area contributed by atoms with Gasteiger partial charge in [0.15, 0.2) is 5.82 Å². The number of rotatable bonds is 6. The summed E-state index contributed by atoms with van der Waals surface area (Å²) in [4.78, 5) is 19.2. The molecule has 2 atom stereocenters. The van der Waals surface area contributed by atoms with Gasteiger partial charge in [0.2, 0.25) is 5.91 Å². The van der Waals surface area contributed by atoms with Crippen LogP contribution in [-0.2, 0) is 4.79 Å². The summed E-state index contributed by atoms with van der Waals surface area (Å²) in [5, 5.41) is 10.6. The summed E-state index contributed by atoms with van der Waals surface area (Å²) in [5.41, 5.74) is 0.926. The van der Waals surface area contributed by atoms with Crippen LogP contribution in [0.5, 0.6) is 0 Å². The maximum absolute atomic E-state index is 12.4. The molecular formula is C19H28ClN5O2. The fourth-order valence-electron chi connectivity index (χ4n) is 3.12. The zero-order valence-electron chi connectivity index (χ0n) is 16.0. The monoisotopic (exact) mass is 393 g/mol. The summed E-state index contributed by atoms with van der Waals surface area (Å²) in [6, 6.07) is 9.37. The Balaban J connectivity index is 0.00000261. The normalized spacial score (nSPS) is 18.7. The van der Waals surface area contributed by atoms with Crippen molar-refractivity contribution >= 4 is 18.3 Å². The Labute approximate surface area is 166 Å². The van der Waals surface area contributed by atoms with Gasteiger partial charge in [-0.15, -0.1) is 12.4 Å². The van der Waals surface area contributed by atoms with Crippen molar-refractivity contribution in [2.24, 2.45) is 5.92 Å². The molecule has 2 heterocycles. The van der Waals surface area contributed by atoms with Crippen LogP contribution in [0.15, 0.2) is 34.9 Å². The summed E-state index contributed by atoms with van der Waals surface area (Å²) in [6.45, 7) is 6.71. The Morgan fingerprint density at radius 3 is 2.78 bits per heavy atom. The van der Waals surface area contributed by atoms with Gasteiger partial charge in [-0.1, -0.05) is 49.3 Å². The number of amides is 1. The Kier molecular flexibility index (Phi) is 7.77. The second kappa shape index (κ2) is 9.82. The lowest BCUT2D eigenvalue weighted by Gasteiger charge is -2.30. The number of likely N-dealkylation sites (N-methyl/N-ethyl adjacent to an activating group) is 1. The second-order valence-corrected chi connectivity index (χ2v) is 7.20. The molecule has 8 heteroatoms. The average Bonchev–Trinajstić information content (AvgIpc) is 3.10. The van der Waals surface area contributed by atoms with Crippen molar-refractivity contribution in [1.29, 1.82) is 0 Å². The lowest BCUT2D eigenvalue weighted by atomic mass is 10.1. The predicted molar refractivity (Wildman–Crippen MR) is 106 cm³/mol. The van der Waals surface area contributed by atoms with E-state index in [4.69, 9.17) is 4.52 Å². The van der Waals surface area contributed by atoms with Gasteiger partial charge in [-0.2, -0.15) is 4.98 Å². The quantitative estimate of drug-likeness (QED) is 0.783. The van der Waals surface area contributed by atoms with E-state index in [9.17, 15) is 4.79 Å². The first-order chi connectivity index (χ1) is 12.5. The van der Waals surface area contributed by atoms with E-state index in [-0.39, 0.29) is 30.3 Å². The molecule has 2 aromatic rings. The van der Waals surface area contributed by atoms with Gasteiger partial charge in [0.25, 0.3) is 5.89 Å². The Hall–Kier alpha value is -1.96. The number of nitrogens with one attached hydrogen (secondary N) is 2. The van der Waals surface area contributed by atoms with Gasteiger partial charge in [-0.3, -0.25) is 9.69 Å². The smallest absolute Gasteiger partial charge is 0.253 e. The summed E-state index contributed by atoms with van der Waals surface area (Å²) in [7, 11) is 2.06. The molecule has 3 rings (SSSR count). The molecule has 1 aliphatic rings. The van der Waals surface area contributed by atoms with Crippen LogP contribution in [0, 0.1) is 5.92 Å². The highest BCUT2D eigenvalue weighted by atomic mass is 35.5. The standard InChI is InChI=1S/C19H27N5O2.ClH/c1-13(2)11-16(25)21-17(14-7-5-4-6-8-14)19-22-18(23-26-19)15-12-20-9-10-24(15)3;/h4-8,13,15,17,20H,9-12H2,1-3H3,(H,21,25);1H. The van der Waals surface area contributed by atoms with Crippen molar-refractivity contribution < 1.29 is 9.32 Å². The van der Waals surface area contributed by atoms with Crippen LogP contribution in [0.4, 0.5) is 0 Å². The van der Waals surface area contributed by atoms with Gasteiger partial charge in [-0.05, 0) is 18.5 Å². The number of benzene rings is 1. The van der Waals surface area contributed by atoms with Gasteiger partial charge >= 0.3 is 0 Å². The zero-order chi connectivity index (χ0) is 18.5. The van der Waals surface area contributed by atoms with Crippen molar-refractivity contribution in [3.8, 4) is 0 Å². The topological polar surface area (TPSA) is 83.3 Å². The SMILES string of the molecule is CC(C)CC(=O)NC(c1ccccc1)c1nc(C2CNCCN2C)no1.Cl. The van der Waals surface area contributed by atoms with Crippen LogP contribution in [0.2, 0.25) is 0 Å². The van der Waals surface area contributed by atoms with Gasteiger partial charge in [0.1, 0.15) is 6.04 Å². The van der Waals surface area contributed by atoms with Gasteiger partial charge in [0.05, 0.1) is 6.04 Å². The summed E-state index contributed by atoms with van der Waals surface area (Å²) < 4.78 is 5.56. The molecule has 1 aromatic carbocycles. The van der Waals surface area contributed by atoms with E-state index in [0.29, 0.717) is 18.1 Å². The highest BCUT2D eigenvalue weighted by molar-refractivity contribution is 5.85. The van der Waals surface area contributed by atoms with E-state index in [1.807, 2.05) is 44.2 Å². The van der Waals surface area contributed by atoms with Crippen molar-refractivity contribution in [3.05, 3.63) is 47.6 Å². The molecule has 2 N–H and O–H groups in total. The minimum Gasteiger partial charge on any atom is -0.341 e. The van der Waals surface area contributed by atoms with E-state index < -0.39 is 6.04 Å². The first kappa shape index (κ1) is 21.3. The third-order valence-corrected chi connectivity index (χ3v) is 4.55. The minimum atomic E-state index is -0.439. The third-order valence-electron chi connectivity index (χ3n) is 4.55. The predicted octanol–water partition coefficient (Wildman–Crippen LogP) is 2.32. The first-order valence-corrected chi connectivity index (χ1v) is 9.13. The Bertz CT molecular complexity index is 722. The maximum atomic E-state index is 12.4. The summed E-state index contributed by atoms with van der Waals surface area (Å²) >= 11 is 0. The molecule has 0 spiro atoms. The fourth-order valence-corrected chi connectivity index (χ4v) is 3.12. The van der Waals surface area contributed by atoms with E-state index in [2.05, 4.69) is 32.7 Å². The molecule has 0 radical (unpaired) electrons. The largest absolute Gasteiger partial charge is 0.341 e. The van der Waals surface area contributed by atoms with Crippen LogP contribution in [0.25, 0.3) is 0 Å². The third kappa shape index (κ3) is 5.51. The number of piperazine rings is 1. The van der Waals surface area contributed by atoms with Gasteiger partial charge in [0, 0.05) is 26.1 Å². The molecule has 1 fully saturated rings. The Morgan fingerprint density at radius 1 is 1.37 bits per heavy atom. The molecule has 7 nitrogen and oxygen atoms in total. The number of aromatic nitrogens is 2. The molecule has 1 aromatic heterocycles. The minimum absolute atomic E-state index is 0. The van der Waals surface area contributed by atoms with Crippen molar-refractivity contribution in [2.75, 3.05) is 26.7 Å². The number of halogens is 1. The molecule has 1 aliphatic heterocycles. The number of carbonyl (C=O) groups is 1. The molecule has 1 saturated heterocycles.